The van der Waals surface area contributed by atoms with E-state index in [1.54, 1.807) is 27.2 Å². The summed E-state index contributed by atoms with van der Waals surface area (Å²) in [6.45, 7) is 6.99. The molecule has 0 saturated heterocycles. The molecule has 2 aromatic rings. The second-order valence-corrected chi connectivity index (χ2v) is 9.52. The average Bonchev–Trinajstić information content (AvgIpc) is 3.20. The molecular formula is C30H41NO6. The first kappa shape index (κ1) is 28.5. The number of benzene rings is 2. The molecule has 37 heavy (non-hydrogen) atoms. The van der Waals surface area contributed by atoms with Gasteiger partial charge in [-0.25, -0.2) is 0 Å². The molecule has 3 rings (SSSR count). The second-order valence-electron chi connectivity index (χ2n) is 9.52. The maximum atomic E-state index is 13.6. The summed E-state index contributed by atoms with van der Waals surface area (Å²) in [6, 6.07) is 11.6. The molecule has 1 unspecified atom stereocenters. The molecule has 0 fully saturated rings. The van der Waals surface area contributed by atoms with Crippen molar-refractivity contribution in [1.29, 1.82) is 0 Å². The van der Waals surface area contributed by atoms with Crippen molar-refractivity contribution in [2.24, 2.45) is 5.41 Å². The molecule has 0 saturated carbocycles. The normalized spacial score (nSPS) is 16.5. The summed E-state index contributed by atoms with van der Waals surface area (Å²) >= 11 is 0. The number of ketones is 1. The number of Topliss-reactive ketones (excluding diaryl/α,β-unsaturated/α-hetero) is 1. The lowest BCUT2D eigenvalue weighted by molar-refractivity contribution is -0.152. The number of hydrogen-bond donors (Lipinski definition) is 0. The zero-order chi connectivity index (χ0) is 26.8. The molecule has 0 amide bonds. The maximum Gasteiger partial charge on any atom is 0.320 e. The van der Waals surface area contributed by atoms with Gasteiger partial charge in [0.15, 0.2) is 17.3 Å². The van der Waals surface area contributed by atoms with Gasteiger partial charge in [-0.1, -0.05) is 44.4 Å². The van der Waals surface area contributed by atoms with Crippen LogP contribution in [0.1, 0.15) is 67.4 Å². The zero-order valence-corrected chi connectivity index (χ0v) is 22.9. The molecule has 0 bridgehead atoms. The van der Waals surface area contributed by atoms with E-state index >= 15 is 0 Å². The van der Waals surface area contributed by atoms with Gasteiger partial charge in [0.2, 0.25) is 0 Å². The Kier molecular flexibility index (Phi) is 10.4. The maximum absolute atomic E-state index is 13.6. The predicted octanol–water partition coefficient (Wildman–Crippen LogP) is 5.47. The van der Waals surface area contributed by atoms with Gasteiger partial charge >= 0.3 is 5.97 Å². The Labute approximate surface area is 221 Å². The summed E-state index contributed by atoms with van der Waals surface area (Å²) in [6.07, 6.45) is 4.63. The van der Waals surface area contributed by atoms with Gasteiger partial charge < -0.3 is 18.9 Å². The van der Waals surface area contributed by atoms with E-state index < -0.39 is 11.4 Å². The van der Waals surface area contributed by atoms with Crippen molar-refractivity contribution in [3.8, 4) is 17.2 Å². The third kappa shape index (κ3) is 6.45. The van der Waals surface area contributed by atoms with Crippen molar-refractivity contribution in [3.05, 3.63) is 53.1 Å². The van der Waals surface area contributed by atoms with Gasteiger partial charge in [-0.05, 0) is 63.0 Å². The molecule has 1 atom stereocenters. The van der Waals surface area contributed by atoms with E-state index in [9.17, 15) is 9.59 Å². The molecule has 7 nitrogen and oxygen atoms in total. The highest BCUT2D eigenvalue weighted by Crippen LogP contribution is 2.45. The Morgan fingerprint density at radius 3 is 2.27 bits per heavy atom. The lowest BCUT2D eigenvalue weighted by atomic mass is 9.78. The summed E-state index contributed by atoms with van der Waals surface area (Å²) in [5, 5.41) is 0. The fourth-order valence-electron chi connectivity index (χ4n) is 5.22. The topological polar surface area (TPSA) is 74.3 Å². The monoisotopic (exact) mass is 511 g/mol. The largest absolute Gasteiger partial charge is 0.496 e. The summed E-state index contributed by atoms with van der Waals surface area (Å²) in [7, 11) is 4.81. The number of fused-ring (bicyclic) bond motifs is 1. The van der Waals surface area contributed by atoms with Gasteiger partial charge in [0.05, 0.1) is 27.9 Å². The van der Waals surface area contributed by atoms with E-state index in [0.717, 1.165) is 56.6 Å². The van der Waals surface area contributed by atoms with Gasteiger partial charge in [-0.3, -0.25) is 14.5 Å². The summed E-state index contributed by atoms with van der Waals surface area (Å²) in [5.41, 5.74) is 1.36. The molecule has 0 radical (unpaired) electrons. The lowest BCUT2D eigenvalue weighted by Gasteiger charge is -2.25. The van der Waals surface area contributed by atoms with Gasteiger partial charge in [0, 0.05) is 17.7 Å². The first-order valence-electron chi connectivity index (χ1n) is 13.2. The summed E-state index contributed by atoms with van der Waals surface area (Å²) < 4.78 is 21.7. The average molecular weight is 512 g/mol. The smallest absolute Gasteiger partial charge is 0.320 e. The molecule has 7 heteroatoms. The first-order chi connectivity index (χ1) is 17.9. The van der Waals surface area contributed by atoms with E-state index in [1.165, 1.54) is 12.7 Å². The third-order valence-electron chi connectivity index (χ3n) is 7.31. The van der Waals surface area contributed by atoms with Crippen LogP contribution in [0.25, 0.3) is 0 Å². The van der Waals surface area contributed by atoms with Crippen molar-refractivity contribution in [2.75, 3.05) is 41.0 Å². The minimum atomic E-state index is -1.17. The Hall–Kier alpha value is -3.06. The van der Waals surface area contributed by atoms with E-state index in [2.05, 4.69) is 17.9 Å². The van der Waals surface area contributed by atoms with Gasteiger partial charge in [0.1, 0.15) is 11.2 Å². The van der Waals surface area contributed by atoms with Crippen LogP contribution in [0, 0.1) is 5.41 Å². The molecule has 0 N–H and O–H groups in total. The molecule has 1 aliphatic carbocycles. The fourth-order valence-corrected chi connectivity index (χ4v) is 5.22. The van der Waals surface area contributed by atoms with Crippen LogP contribution >= 0.6 is 0 Å². The molecule has 0 spiro atoms. The number of methoxy groups -OCH3 is 3. The second kappa shape index (κ2) is 13.5. The third-order valence-corrected chi connectivity index (χ3v) is 7.31. The molecular weight excluding hydrogens is 470 g/mol. The van der Waals surface area contributed by atoms with Crippen molar-refractivity contribution in [1.82, 2.24) is 4.90 Å². The lowest BCUT2D eigenvalue weighted by Crippen LogP contribution is -2.38. The van der Waals surface area contributed by atoms with Crippen LogP contribution in [0.3, 0.4) is 0 Å². The number of unbranched alkanes of at least 4 members (excludes halogenated alkanes) is 3. The minimum Gasteiger partial charge on any atom is -0.496 e. The van der Waals surface area contributed by atoms with Crippen LogP contribution in [0.4, 0.5) is 0 Å². The highest BCUT2D eigenvalue weighted by Gasteiger charge is 2.52. The standard InChI is InChI=1S/C30H41NO6/c1-6-31(21-22-14-10-11-15-25(22)34-3)17-13-9-8-12-16-30(29(33)37-7-2)20-23-18-26(35-4)27(36-5)19-24(23)28(30)32/h10-11,14-15,18-19H,6-9,12-13,16-17,20-21H2,1-5H3. The quantitative estimate of drug-likeness (QED) is 0.178. The van der Waals surface area contributed by atoms with Crippen LogP contribution < -0.4 is 14.2 Å². The minimum absolute atomic E-state index is 0.170. The van der Waals surface area contributed by atoms with Crippen LogP contribution in [-0.2, 0) is 22.5 Å². The molecule has 202 valence electrons. The number of para-hydroxylation sites is 1. The number of hydrogen-bond acceptors (Lipinski definition) is 7. The van der Waals surface area contributed by atoms with E-state index in [0.29, 0.717) is 29.9 Å². The Morgan fingerprint density at radius 1 is 0.919 bits per heavy atom. The van der Waals surface area contributed by atoms with Crippen LogP contribution in [0.5, 0.6) is 17.2 Å². The zero-order valence-electron chi connectivity index (χ0n) is 22.9. The van der Waals surface area contributed by atoms with E-state index in [1.807, 2.05) is 24.3 Å². The number of rotatable bonds is 15. The predicted molar refractivity (Wildman–Crippen MR) is 144 cm³/mol. The van der Waals surface area contributed by atoms with Crippen molar-refractivity contribution < 1.29 is 28.5 Å². The molecule has 0 aliphatic heterocycles. The highest BCUT2D eigenvalue weighted by molar-refractivity contribution is 6.16. The highest BCUT2D eigenvalue weighted by atomic mass is 16.5. The summed E-state index contributed by atoms with van der Waals surface area (Å²) in [4.78, 5) is 29.1. The number of esters is 1. The molecule has 0 heterocycles. The Balaban J connectivity index is 1.58. The van der Waals surface area contributed by atoms with Crippen molar-refractivity contribution in [3.63, 3.8) is 0 Å². The Bertz CT molecular complexity index is 1070. The van der Waals surface area contributed by atoms with Crippen LogP contribution in [0.15, 0.2) is 36.4 Å². The van der Waals surface area contributed by atoms with Gasteiger partial charge in [-0.2, -0.15) is 0 Å². The molecule has 1 aliphatic rings. The van der Waals surface area contributed by atoms with Crippen LogP contribution in [-0.4, -0.2) is 57.7 Å². The van der Waals surface area contributed by atoms with Crippen LogP contribution in [0.2, 0.25) is 0 Å². The number of nitrogens with zero attached hydrogens (tertiary/aromatic N) is 1. The SMILES string of the molecule is CCOC(=O)C1(CCCCCCN(CC)Cc2ccccc2OC)Cc2cc(OC)c(OC)cc2C1=O. The van der Waals surface area contributed by atoms with Crippen molar-refractivity contribution >= 4 is 11.8 Å². The number of carbonyl (C=O) groups excluding carboxylic acids is 2. The fraction of sp³-hybridized carbons (Fsp3) is 0.533. The van der Waals surface area contributed by atoms with E-state index in [-0.39, 0.29) is 12.4 Å². The molecule has 0 aromatic heterocycles. The van der Waals surface area contributed by atoms with Crippen molar-refractivity contribution in [2.45, 2.75) is 58.9 Å². The number of carbonyl (C=O) groups is 2. The number of ether oxygens (including phenoxy) is 4. The van der Waals surface area contributed by atoms with E-state index in [4.69, 9.17) is 18.9 Å². The van der Waals surface area contributed by atoms with Gasteiger partial charge in [0.25, 0.3) is 0 Å². The summed E-state index contributed by atoms with van der Waals surface area (Å²) in [5.74, 6) is 1.37. The van der Waals surface area contributed by atoms with Gasteiger partial charge in [-0.15, -0.1) is 0 Å². The molecule has 2 aromatic carbocycles. The first-order valence-corrected chi connectivity index (χ1v) is 13.2. The Morgan fingerprint density at radius 2 is 1.59 bits per heavy atom.